The molecule has 0 N–H and O–H groups in total. The van der Waals surface area contributed by atoms with Crippen LogP contribution in [-0.4, -0.2) is 48.7 Å². The zero-order valence-corrected chi connectivity index (χ0v) is 17.7. The predicted molar refractivity (Wildman–Crippen MR) is 110 cm³/mol. The van der Waals surface area contributed by atoms with Gasteiger partial charge in [0.25, 0.3) is 5.91 Å². The van der Waals surface area contributed by atoms with E-state index in [4.69, 9.17) is 0 Å². The standard InChI is InChI=1S/C22H32N2O3S/c1-17-7-4-5-16-24(17)28(26,27)20-13-11-19(12-14-20)22(25)23-15-6-9-18-8-2-3-10-21(18)23/h11-14,17-18,21H,2-10,15-16H2,1H3. The van der Waals surface area contributed by atoms with Gasteiger partial charge in [0, 0.05) is 30.7 Å². The number of piperidine rings is 2. The molecule has 1 aromatic carbocycles. The summed E-state index contributed by atoms with van der Waals surface area (Å²) in [4.78, 5) is 15.5. The molecule has 154 valence electrons. The van der Waals surface area contributed by atoms with Gasteiger partial charge in [0.2, 0.25) is 10.0 Å². The topological polar surface area (TPSA) is 57.7 Å². The van der Waals surface area contributed by atoms with E-state index in [1.807, 2.05) is 6.92 Å². The first-order valence-electron chi connectivity index (χ1n) is 10.9. The number of amides is 1. The second kappa shape index (κ2) is 8.15. The Morgan fingerprint density at radius 2 is 1.57 bits per heavy atom. The number of hydrogen-bond donors (Lipinski definition) is 0. The molecule has 1 aliphatic carbocycles. The fraction of sp³-hybridized carbons (Fsp3) is 0.682. The molecule has 0 radical (unpaired) electrons. The number of fused-ring (bicyclic) bond motifs is 1. The van der Waals surface area contributed by atoms with Gasteiger partial charge in [-0.15, -0.1) is 0 Å². The lowest BCUT2D eigenvalue weighted by molar-refractivity contribution is 0.0390. The molecule has 0 aromatic heterocycles. The van der Waals surface area contributed by atoms with E-state index >= 15 is 0 Å². The molecule has 1 saturated carbocycles. The Hall–Kier alpha value is -1.40. The minimum absolute atomic E-state index is 0.0386. The van der Waals surface area contributed by atoms with E-state index in [-0.39, 0.29) is 11.9 Å². The van der Waals surface area contributed by atoms with Crippen molar-refractivity contribution in [3.63, 3.8) is 0 Å². The molecule has 3 unspecified atom stereocenters. The number of rotatable bonds is 3. The molecule has 2 aliphatic heterocycles. The monoisotopic (exact) mass is 404 g/mol. The lowest BCUT2D eigenvalue weighted by atomic mass is 9.78. The molecule has 3 atom stereocenters. The van der Waals surface area contributed by atoms with Crippen LogP contribution in [0.3, 0.4) is 0 Å². The van der Waals surface area contributed by atoms with Gasteiger partial charge in [0.05, 0.1) is 4.90 Å². The summed E-state index contributed by atoms with van der Waals surface area (Å²) < 4.78 is 27.6. The number of sulfonamides is 1. The van der Waals surface area contributed by atoms with Gasteiger partial charge in [-0.1, -0.05) is 19.3 Å². The van der Waals surface area contributed by atoms with Crippen LogP contribution in [0.4, 0.5) is 0 Å². The van der Waals surface area contributed by atoms with Crippen LogP contribution in [0.2, 0.25) is 0 Å². The highest BCUT2D eigenvalue weighted by atomic mass is 32.2. The van der Waals surface area contributed by atoms with Crippen molar-refractivity contribution in [1.29, 1.82) is 0 Å². The maximum Gasteiger partial charge on any atom is 0.254 e. The van der Waals surface area contributed by atoms with Gasteiger partial charge in [-0.05, 0) is 75.6 Å². The van der Waals surface area contributed by atoms with Gasteiger partial charge in [-0.2, -0.15) is 4.31 Å². The van der Waals surface area contributed by atoms with Crippen LogP contribution < -0.4 is 0 Å². The van der Waals surface area contributed by atoms with E-state index < -0.39 is 10.0 Å². The first-order valence-corrected chi connectivity index (χ1v) is 12.4. The Balaban J connectivity index is 1.52. The van der Waals surface area contributed by atoms with Gasteiger partial charge in [0.15, 0.2) is 0 Å². The number of likely N-dealkylation sites (tertiary alicyclic amines) is 1. The molecule has 5 nitrogen and oxygen atoms in total. The molecule has 4 rings (SSSR count). The van der Waals surface area contributed by atoms with E-state index in [2.05, 4.69) is 4.90 Å². The zero-order chi connectivity index (χ0) is 19.7. The second-order valence-corrected chi connectivity index (χ2v) is 10.6. The third kappa shape index (κ3) is 3.73. The predicted octanol–water partition coefficient (Wildman–Crippen LogP) is 4.04. The third-order valence-electron chi connectivity index (χ3n) is 6.95. The van der Waals surface area contributed by atoms with Gasteiger partial charge in [0.1, 0.15) is 0 Å². The molecule has 0 spiro atoms. The first kappa shape index (κ1) is 19.9. The number of hydrogen-bond acceptors (Lipinski definition) is 3. The highest BCUT2D eigenvalue weighted by Gasteiger charge is 2.36. The Morgan fingerprint density at radius 3 is 2.32 bits per heavy atom. The smallest absolute Gasteiger partial charge is 0.254 e. The van der Waals surface area contributed by atoms with Crippen LogP contribution >= 0.6 is 0 Å². The van der Waals surface area contributed by atoms with Gasteiger partial charge in [-0.3, -0.25) is 4.79 Å². The van der Waals surface area contributed by atoms with Crippen LogP contribution in [0.15, 0.2) is 29.2 Å². The Bertz CT molecular complexity index is 804. The molecule has 0 bridgehead atoms. The molecular weight excluding hydrogens is 372 g/mol. The Labute approximate surface area is 169 Å². The highest BCUT2D eigenvalue weighted by Crippen LogP contribution is 2.36. The van der Waals surface area contributed by atoms with E-state index in [9.17, 15) is 13.2 Å². The Morgan fingerprint density at radius 1 is 0.893 bits per heavy atom. The van der Waals surface area contributed by atoms with Crippen molar-refractivity contribution in [3.05, 3.63) is 29.8 Å². The Kier molecular flexibility index (Phi) is 5.79. The van der Waals surface area contributed by atoms with Crippen molar-refractivity contribution in [2.24, 2.45) is 5.92 Å². The molecule has 1 aromatic rings. The SMILES string of the molecule is CC1CCCCN1S(=O)(=O)c1ccc(C(=O)N2CCCC3CCCCC32)cc1. The molecular formula is C22H32N2O3S. The second-order valence-electron chi connectivity index (χ2n) is 8.74. The largest absolute Gasteiger partial charge is 0.335 e. The molecule has 3 aliphatic rings. The summed E-state index contributed by atoms with van der Waals surface area (Å²) in [7, 11) is -3.49. The van der Waals surface area contributed by atoms with Crippen molar-refractivity contribution in [2.45, 2.75) is 81.7 Å². The van der Waals surface area contributed by atoms with Crippen molar-refractivity contribution >= 4 is 15.9 Å². The lowest BCUT2D eigenvalue weighted by Gasteiger charge is -2.44. The van der Waals surface area contributed by atoms with Crippen LogP contribution in [0, 0.1) is 5.92 Å². The average Bonchev–Trinajstić information content (AvgIpc) is 2.73. The van der Waals surface area contributed by atoms with Crippen LogP contribution in [-0.2, 0) is 10.0 Å². The number of benzene rings is 1. The quantitative estimate of drug-likeness (QED) is 0.764. The third-order valence-corrected chi connectivity index (χ3v) is 8.98. The minimum atomic E-state index is -3.49. The lowest BCUT2D eigenvalue weighted by Crippen LogP contribution is -2.49. The summed E-state index contributed by atoms with van der Waals surface area (Å²) in [5, 5.41) is 0. The van der Waals surface area contributed by atoms with E-state index in [1.54, 1.807) is 28.6 Å². The van der Waals surface area contributed by atoms with Crippen molar-refractivity contribution < 1.29 is 13.2 Å². The van der Waals surface area contributed by atoms with Crippen LogP contribution in [0.25, 0.3) is 0 Å². The summed E-state index contributed by atoms with van der Waals surface area (Å²) in [6.45, 7) is 3.39. The van der Waals surface area contributed by atoms with Gasteiger partial charge in [-0.25, -0.2) is 8.42 Å². The number of carbonyl (C=O) groups is 1. The van der Waals surface area contributed by atoms with E-state index in [0.29, 0.717) is 29.0 Å². The van der Waals surface area contributed by atoms with Gasteiger partial charge < -0.3 is 4.90 Å². The number of nitrogens with zero attached hydrogens (tertiary/aromatic N) is 2. The van der Waals surface area contributed by atoms with E-state index in [0.717, 1.165) is 38.6 Å². The summed E-state index contributed by atoms with van der Waals surface area (Å²) in [6, 6.07) is 7.05. The summed E-state index contributed by atoms with van der Waals surface area (Å²) in [6.07, 6.45) is 10.0. The molecule has 28 heavy (non-hydrogen) atoms. The minimum Gasteiger partial charge on any atom is -0.335 e. The highest BCUT2D eigenvalue weighted by molar-refractivity contribution is 7.89. The van der Waals surface area contributed by atoms with Gasteiger partial charge >= 0.3 is 0 Å². The summed E-state index contributed by atoms with van der Waals surface area (Å²) in [5.74, 6) is 0.707. The van der Waals surface area contributed by atoms with Crippen molar-refractivity contribution in [3.8, 4) is 0 Å². The average molecular weight is 405 g/mol. The summed E-state index contributed by atoms with van der Waals surface area (Å²) in [5.41, 5.74) is 0.608. The molecule has 2 heterocycles. The van der Waals surface area contributed by atoms with Crippen LogP contribution in [0.1, 0.15) is 75.1 Å². The molecule has 2 saturated heterocycles. The fourth-order valence-electron chi connectivity index (χ4n) is 5.38. The maximum absolute atomic E-state index is 13.1. The summed E-state index contributed by atoms with van der Waals surface area (Å²) >= 11 is 0. The number of carbonyl (C=O) groups excluding carboxylic acids is 1. The molecule has 1 amide bonds. The van der Waals surface area contributed by atoms with E-state index in [1.165, 1.54) is 25.7 Å². The zero-order valence-electron chi connectivity index (χ0n) is 16.8. The molecule has 3 fully saturated rings. The van der Waals surface area contributed by atoms with Crippen LogP contribution in [0.5, 0.6) is 0 Å². The maximum atomic E-state index is 13.1. The van der Waals surface area contributed by atoms with Crippen molar-refractivity contribution in [1.82, 2.24) is 9.21 Å². The first-order chi connectivity index (χ1) is 13.5. The van der Waals surface area contributed by atoms with Crippen molar-refractivity contribution in [2.75, 3.05) is 13.1 Å². The molecule has 6 heteroatoms. The normalized spacial score (nSPS) is 29.3. The fourth-order valence-corrected chi connectivity index (χ4v) is 7.08.